The standard InChI is InChI=1S/C25H32ClN3O6S/c1-35-14-13-28-9-2-10-29(25(28)32)21-7-11-27(12-8-21)24(31)23(30)17-36(33,34)22-6-4-18-15-20(26)5-3-19(18)16-22/h3-6,15-16,21,23,30H,2,7-14,17H2,1H3/t23-/m1/s1. The lowest BCUT2D eigenvalue weighted by Crippen LogP contribution is -2.57. The van der Waals surface area contributed by atoms with E-state index in [2.05, 4.69) is 0 Å². The maximum absolute atomic E-state index is 12.9. The number of fused-ring (bicyclic) bond motifs is 1. The second-order valence-corrected chi connectivity index (χ2v) is 11.8. The molecular weight excluding hydrogens is 506 g/mol. The summed E-state index contributed by atoms with van der Waals surface area (Å²) in [6.45, 7) is 3.15. The smallest absolute Gasteiger partial charge is 0.320 e. The van der Waals surface area contributed by atoms with Crippen molar-refractivity contribution in [2.75, 3.05) is 52.2 Å². The van der Waals surface area contributed by atoms with Gasteiger partial charge in [-0.2, -0.15) is 0 Å². The third-order valence-corrected chi connectivity index (χ3v) is 8.88. The Hall–Kier alpha value is -2.40. The number of sulfone groups is 1. The first-order valence-electron chi connectivity index (χ1n) is 12.1. The first-order valence-corrected chi connectivity index (χ1v) is 14.2. The summed E-state index contributed by atoms with van der Waals surface area (Å²) in [5.74, 6) is -1.29. The number of aliphatic hydroxyl groups excluding tert-OH is 1. The van der Waals surface area contributed by atoms with Crippen molar-refractivity contribution in [3.8, 4) is 0 Å². The molecule has 0 aromatic heterocycles. The molecule has 2 aromatic carbocycles. The Kier molecular flexibility index (Phi) is 8.39. The number of ether oxygens (including phenoxy) is 1. The molecule has 2 saturated heterocycles. The largest absolute Gasteiger partial charge is 0.383 e. The van der Waals surface area contributed by atoms with E-state index in [0.717, 1.165) is 11.8 Å². The molecule has 2 aliphatic heterocycles. The molecule has 2 aliphatic rings. The summed E-state index contributed by atoms with van der Waals surface area (Å²) in [5.41, 5.74) is 0. The van der Waals surface area contributed by atoms with Crippen molar-refractivity contribution in [2.45, 2.75) is 36.3 Å². The number of rotatable bonds is 8. The van der Waals surface area contributed by atoms with Gasteiger partial charge < -0.3 is 24.5 Å². The van der Waals surface area contributed by atoms with Crippen molar-refractivity contribution >= 4 is 44.1 Å². The predicted molar refractivity (Wildman–Crippen MR) is 137 cm³/mol. The van der Waals surface area contributed by atoms with E-state index >= 15 is 0 Å². The van der Waals surface area contributed by atoms with Crippen LogP contribution in [0, 0.1) is 0 Å². The van der Waals surface area contributed by atoms with Gasteiger partial charge in [-0.25, -0.2) is 13.2 Å². The van der Waals surface area contributed by atoms with Crippen molar-refractivity contribution in [3.63, 3.8) is 0 Å². The van der Waals surface area contributed by atoms with Crippen molar-refractivity contribution in [2.24, 2.45) is 0 Å². The quantitative estimate of drug-likeness (QED) is 0.554. The van der Waals surface area contributed by atoms with Crippen LogP contribution in [-0.4, -0.2) is 105 Å². The molecule has 0 saturated carbocycles. The molecule has 9 nitrogen and oxygen atoms in total. The summed E-state index contributed by atoms with van der Waals surface area (Å²) in [6, 6.07) is 9.79. The molecule has 0 bridgehead atoms. The summed E-state index contributed by atoms with van der Waals surface area (Å²) in [4.78, 5) is 30.9. The summed E-state index contributed by atoms with van der Waals surface area (Å²) >= 11 is 5.99. The van der Waals surface area contributed by atoms with Crippen molar-refractivity contribution in [1.29, 1.82) is 0 Å². The number of hydrogen-bond donors (Lipinski definition) is 1. The predicted octanol–water partition coefficient (Wildman–Crippen LogP) is 2.39. The van der Waals surface area contributed by atoms with E-state index in [0.29, 0.717) is 62.6 Å². The monoisotopic (exact) mass is 537 g/mol. The van der Waals surface area contributed by atoms with Crippen LogP contribution in [-0.2, 0) is 19.4 Å². The first-order chi connectivity index (χ1) is 17.2. The summed E-state index contributed by atoms with van der Waals surface area (Å²) in [5, 5.41) is 12.6. The zero-order chi connectivity index (χ0) is 25.9. The van der Waals surface area contributed by atoms with Crippen LogP contribution in [0.5, 0.6) is 0 Å². The molecule has 2 heterocycles. The van der Waals surface area contributed by atoms with E-state index in [1.807, 2.05) is 4.90 Å². The Balaban J connectivity index is 1.34. The molecule has 0 radical (unpaired) electrons. The third kappa shape index (κ3) is 5.94. The Labute approximate surface area is 216 Å². The average Bonchev–Trinajstić information content (AvgIpc) is 2.87. The van der Waals surface area contributed by atoms with E-state index in [1.165, 1.54) is 17.0 Å². The highest BCUT2D eigenvalue weighted by Gasteiger charge is 2.36. The molecule has 36 heavy (non-hydrogen) atoms. The molecule has 196 valence electrons. The molecule has 0 unspecified atom stereocenters. The van der Waals surface area contributed by atoms with Crippen molar-refractivity contribution in [1.82, 2.24) is 14.7 Å². The maximum Gasteiger partial charge on any atom is 0.320 e. The van der Waals surface area contributed by atoms with Gasteiger partial charge in [-0.05, 0) is 54.3 Å². The molecule has 4 rings (SSSR count). The van der Waals surface area contributed by atoms with Gasteiger partial charge in [0.15, 0.2) is 9.84 Å². The van der Waals surface area contributed by atoms with Gasteiger partial charge >= 0.3 is 6.03 Å². The molecule has 1 N–H and O–H groups in total. The molecule has 2 aromatic rings. The molecule has 2 fully saturated rings. The van der Waals surface area contributed by atoms with E-state index in [9.17, 15) is 23.1 Å². The summed E-state index contributed by atoms with van der Waals surface area (Å²) in [6.07, 6.45) is 0.394. The second-order valence-electron chi connectivity index (χ2n) is 9.32. The lowest BCUT2D eigenvalue weighted by atomic mass is 10.0. The number of piperidine rings is 1. The fraction of sp³-hybridized carbons (Fsp3) is 0.520. The molecule has 0 aliphatic carbocycles. The number of aliphatic hydroxyl groups is 1. The Morgan fingerprint density at radius 1 is 1.11 bits per heavy atom. The van der Waals surface area contributed by atoms with Gasteiger partial charge in [0.05, 0.1) is 17.3 Å². The molecule has 11 heteroatoms. The highest BCUT2D eigenvalue weighted by Crippen LogP contribution is 2.25. The third-order valence-electron chi connectivity index (χ3n) is 6.92. The Morgan fingerprint density at radius 2 is 1.81 bits per heavy atom. The number of likely N-dealkylation sites (tertiary alicyclic amines) is 1. The second kappa shape index (κ2) is 11.3. The van der Waals surface area contributed by atoms with E-state index in [4.69, 9.17) is 16.3 Å². The lowest BCUT2D eigenvalue weighted by Gasteiger charge is -2.43. The van der Waals surface area contributed by atoms with Gasteiger partial charge in [0.25, 0.3) is 5.91 Å². The number of benzene rings is 2. The van der Waals surface area contributed by atoms with Gasteiger partial charge in [0.2, 0.25) is 0 Å². The minimum Gasteiger partial charge on any atom is -0.383 e. The topological polar surface area (TPSA) is 107 Å². The lowest BCUT2D eigenvalue weighted by molar-refractivity contribution is -0.140. The fourth-order valence-electron chi connectivity index (χ4n) is 4.92. The fourth-order valence-corrected chi connectivity index (χ4v) is 6.44. The number of carbonyl (C=O) groups excluding carboxylic acids is 2. The Morgan fingerprint density at radius 3 is 2.53 bits per heavy atom. The van der Waals surface area contributed by atoms with Crippen LogP contribution in [0.3, 0.4) is 0 Å². The number of hydrogen-bond acceptors (Lipinski definition) is 6. The van der Waals surface area contributed by atoms with Crippen LogP contribution in [0.1, 0.15) is 19.3 Å². The average molecular weight is 538 g/mol. The number of nitrogens with zero attached hydrogens (tertiary/aromatic N) is 3. The maximum atomic E-state index is 12.9. The molecular formula is C25H32ClN3O6S. The summed E-state index contributed by atoms with van der Waals surface area (Å²) in [7, 11) is -2.29. The van der Waals surface area contributed by atoms with Crippen LogP contribution in [0.25, 0.3) is 10.8 Å². The van der Waals surface area contributed by atoms with E-state index in [-0.39, 0.29) is 17.0 Å². The van der Waals surface area contributed by atoms with Crippen LogP contribution in [0.15, 0.2) is 41.3 Å². The van der Waals surface area contributed by atoms with Crippen molar-refractivity contribution in [3.05, 3.63) is 41.4 Å². The van der Waals surface area contributed by atoms with E-state index in [1.54, 1.807) is 36.3 Å². The van der Waals surface area contributed by atoms with Gasteiger partial charge in [-0.3, -0.25) is 4.79 Å². The highest BCUT2D eigenvalue weighted by molar-refractivity contribution is 7.91. The van der Waals surface area contributed by atoms with Gasteiger partial charge in [0.1, 0.15) is 6.10 Å². The minimum absolute atomic E-state index is 0.00754. The number of methoxy groups -OCH3 is 1. The highest BCUT2D eigenvalue weighted by atomic mass is 35.5. The number of amides is 3. The SMILES string of the molecule is COCCN1CCCN(C2CCN(C(=O)[C@H](O)CS(=O)(=O)c3ccc4cc(Cl)ccc4c3)CC2)C1=O. The van der Waals surface area contributed by atoms with Crippen LogP contribution in [0.2, 0.25) is 5.02 Å². The normalized spacial score (nSPS) is 18.6. The van der Waals surface area contributed by atoms with Gasteiger partial charge in [0, 0.05) is 50.9 Å². The van der Waals surface area contributed by atoms with Gasteiger partial charge in [-0.1, -0.05) is 23.7 Å². The molecule has 3 amide bonds. The van der Waals surface area contributed by atoms with Gasteiger partial charge in [-0.15, -0.1) is 0 Å². The molecule has 0 spiro atoms. The van der Waals surface area contributed by atoms with Crippen molar-refractivity contribution < 1.29 is 27.9 Å². The molecule has 1 atom stereocenters. The van der Waals surface area contributed by atoms with E-state index < -0.39 is 27.6 Å². The number of urea groups is 1. The first kappa shape index (κ1) is 26.7. The zero-order valence-corrected chi connectivity index (χ0v) is 21.9. The minimum atomic E-state index is -3.89. The zero-order valence-electron chi connectivity index (χ0n) is 20.3. The van der Waals surface area contributed by atoms with Crippen LogP contribution < -0.4 is 0 Å². The van der Waals surface area contributed by atoms with Crippen LogP contribution >= 0.6 is 11.6 Å². The Bertz CT molecular complexity index is 1220. The van der Waals surface area contributed by atoms with Crippen LogP contribution in [0.4, 0.5) is 4.79 Å². The number of carbonyl (C=O) groups is 2. The number of halogens is 1. The summed E-state index contributed by atoms with van der Waals surface area (Å²) < 4.78 is 30.9.